The second-order valence-electron chi connectivity index (χ2n) is 6.75. The number of nitrogens with zero attached hydrogens (tertiary/aromatic N) is 3. The van der Waals surface area contributed by atoms with E-state index >= 15 is 0 Å². The van der Waals surface area contributed by atoms with Gasteiger partial charge in [-0.1, -0.05) is 36.4 Å². The maximum Gasteiger partial charge on any atom is 1.00 e. The van der Waals surface area contributed by atoms with Crippen LogP contribution in [0, 0.1) is 12.3 Å². The van der Waals surface area contributed by atoms with Crippen LogP contribution < -0.4 is 0 Å². The van der Waals surface area contributed by atoms with E-state index in [-0.39, 0.29) is 44.8 Å². The molecule has 0 aliphatic heterocycles. The Morgan fingerprint density at radius 3 is 1.94 bits per heavy atom. The fraction of sp³-hybridized carbons (Fsp3) is 0.0769. The zero-order chi connectivity index (χ0) is 20.1. The average molecular weight is 768 g/mol. The molecule has 0 saturated carbocycles. The summed E-state index contributed by atoms with van der Waals surface area (Å²) >= 11 is 0. The first kappa shape index (κ1) is 24.8. The number of benzene rings is 2. The molecule has 0 fully saturated rings. The molecule has 0 bridgehead atoms. The van der Waals surface area contributed by atoms with Crippen LogP contribution in [0.2, 0.25) is 0 Å². The third-order valence-electron chi connectivity index (χ3n) is 4.87. The summed E-state index contributed by atoms with van der Waals surface area (Å²) in [7, 11) is 2.05. The maximum absolute atomic E-state index is 7.16. The number of rotatable bonds is 2. The van der Waals surface area contributed by atoms with Gasteiger partial charge < -0.3 is 11.0 Å². The number of fused-ring (bicyclic) bond motifs is 3. The van der Waals surface area contributed by atoms with Crippen molar-refractivity contribution in [3.63, 3.8) is 0 Å². The van der Waals surface area contributed by atoms with E-state index in [2.05, 4.69) is 51.8 Å². The van der Waals surface area contributed by atoms with Crippen LogP contribution in [-0.2, 0) is 58.2 Å². The molecular weight excluding hydrogens is 748 g/mol. The van der Waals surface area contributed by atoms with E-state index < -0.39 is 0 Å². The van der Waals surface area contributed by atoms with Crippen molar-refractivity contribution in [2.75, 3.05) is 0 Å². The maximum atomic E-state index is 7.16. The van der Waals surface area contributed by atoms with Gasteiger partial charge in [-0.25, -0.2) is 0 Å². The van der Waals surface area contributed by atoms with E-state index in [0.717, 1.165) is 28.9 Å². The summed E-state index contributed by atoms with van der Waals surface area (Å²) < 4.78 is 2.16. The number of pyridine rings is 2. The second kappa shape index (κ2) is 11.8. The van der Waals surface area contributed by atoms with E-state index in [1.165, 1.54) is 16.3 Å². The molecule has 3 aromatic heterocycles. The standard InChI is InChI=1S/C15H10N.C11H10N2.2Au/c1-3-11-8-9-13-12-6-4-5-7-14(12)16(2)15(13)10-11;1-3-7-12-10(5-1)9-11-6-2-4-8-13-11;;/h4-10H,2H3;1-8H,9H2;;/q-1;;;+1. The topological polar surface area (TPSA) is 30.7 Å². The number of aromatic nitrogens is 3. The van der Waals surface area contributed by atoms with Gasteiger partial charge in [-0.05, 0) is 30.3 Å². The first-order valence-corrected chi connectivity index (χ1v) is 9.46. The molecule has 0 amide bonds. The molecule has 0 aliphatic rings. The Labute approximate surface area is 213 Å². The number of para-hydroxylation sites is 1. The summed E-state index contributed by atoms with van der Waals surface area (Å²) in [4.78, 5) is 8.47. The van der Waals surface area contributed by atoms with Crippen LogP contribution in [0.1, 0.15) is 17.0 Å². The van der Waals surface area contributed by atoms with Gasteiger partial charge in [-0.15, -0.1) is 17.7 Å². The molecule has 5 aromatic rings. The third kappa shape index (κ3) is 5.84. The van der Waals surface area contributed by atoms with Gasteiger partial charge in [0.2, 0.25) is 0 Å². The molecule has 1 radical (unpaired) electrons. The summed E-state index contributed by atoms with van der Waals surface area (Å²) in [5, 5.41) is 2.49. The van der Waals surface area contributed by atoms with E-state index in [1.807, 2.05) is 54.6 Å². The van der Waals surface area contributed by atoms with Crippen molar-refractivity contribution in [3.8, 4) is 5.92 Å². The second-order valence-corrected chi connectivity index (χ2v) is 6.75. The quantitative estimate of drug-likeness (QED) is 0.138. The van der Waals surface area contributed by atoms with Crippen molar-refractivity contribution in [1.29, 1.82) is 0 Å². The fourth-order valence-electron chi connectivity index (χ4n) is 3.43. The van der Waals surface area contributed by atoms with E-state index in [4.69, 9.17) is 6.42 Å². The molecule has 0 aliphatic carbocycles. The van der Waals surface area contributed by atoms with Gasteiger partial charge in [-0.2, -0.15) is 0 Å². The molecule has 161 valence electrons. The average Bonchev–Trinajstić information content (AvgIpc) is 3.07. The Bertz CT molecular complexity index is 1250. The van der Waals surface area contributed by atoms with Gasteiger partial charge in [0, 0.05) is 81.4 Å². The predicted molar refractivity (Wildman–Crippen MR) is 118 cm³/mol. The van der Waals surface area contributed by atoms with Crippen LogP contribution in [-0.4, -0.2) is 14.5 Å². The molecule has 0 atom stereocenters. The zero-order valence-electron chi connectivity index (χ0n) is 16.8. The molecule has 3 nitrogen and oxygen atoms in total. The van der Waals surface area contributed by atoms with Gasteiger partial charge in [0.25, 0.3) is 0 Å². The van der Waals surface area contributed by atoms with E-state index in [1.54, 1.807) is 12.4 Å². The predicted octanol–water partition coefficient (Wildman–Crippen LogP) is 5.33. The minimum Gasteiger partial charge on any atom is -0.366 e. The molecule has 31 heavy (non-hydrogen) atoms. The zero-order valence-corrected chi connectivity index (χ0v) is 21.1. The summed E-state index contributed by atoms with van der Waals surface area (Å²) in [5.74, 6) is 2.43. The van der Waals surface area contributed by atoms with Crippen LogP contribution in [0.3, 0.4) is 0 Å². The van der Waals surface area contributed by atoms with Crippen molar-refractivity contribution < 1.29 is 44.8 Å². The first-order chi connectivity index (χ1) is 14.3. The van der Waals surface area contributed by atoms with Crippen LogP contribution in [0.5, 0.6) is 0 Å². The molecular formula is C26H20Au2N3. The van der Waals surface area contributed by atoms with Gasteiger partial charge >= 0.3 is 22.4 Å². The Balaban J connectivity index is 0.000000211. The third-order valence-corrected chi connectivity index (χ3v) is 4.87. The van der Waals surface area contributed by atoms with Crippen molar-refractivity contribution in [1.82, 2.24) is 14.5 Å². The first-order valence-electron chi connectivity index (χ1n) is 9.46. The Kier molecular flexibility index (Phi) is 9.48. The molecule has 3 heterocycles. The van der Waals surface area contributed by atoms with E-state index in [0.29, 0.717) is 0 Å². The summed E-state index contributed by atoms with van der Waals surface area (Å²) in [6.07, 6.45) is 11.6. The van der Waals surface area contributed by atoms with E-state index in [9.17, 15) is 0 Å². The van der Waals surface area contributed by atoms with Gasteiger partial charge in [0.1, 0.15) is 0 Å². The SMILES string of the molecule is [Au+].[Au].[C-]#Cc1ccc2c3ccccc3n(C)c2c1.c1ccc(Cc2ccccn2)nc1. The normalized spacial score (nSPS) is 9.68. The van der Waals surface area contributed by atoms with Crippen molar-refractivity contribution >= 4 is 21.8 Å². The molecule has 0 N–H and O–H groups in total. The molecule has 0 unspecified atom stereocenters. The fourth-order valence-corrected chi connectivity index (χ4v) is 3.43. The summed E-state index contributed by atoms with van der Waals surface area (Å²) in [5.41, 5.74) is 5.30. The van der Waals surface area contributed by atoms with Crippen LogP contribution >= 0.6 is 0 Å². The van der Waals surface area contributed by atoms with Crippen molar-refractivity contribution in [2.45, 2.75) is 6.42 Å². The smallest absolute Gasteiger partial charge is 0.366 e. The number of aryl methyl sites for hydroxylation is 1. The Hall–Kier alpha value is -2.42. The minimum atomic E-state index is 0. The monoisotopic (exact) mass is 768 g/mol. The minimum absolute atomic E-state index is 0. The summed E-state index contributed by atoms with van der Waals surface area (Å²) in [6, 6.07) is 26.2. The molecule has 0 spiro atoms. The van der Waals surface area contributed by atoms with Crippen molar-refractivity contribution in [2.24, 2.45) is 7.05 Å². The van der Waals surface area contributed by atoms with Gasteiger partial charge in [0.05, 0.1) is 0 Å². The molecule has 5 rings (SSSR count). The Morgan fingerprint density at radius 1 is 0.774 bits per heavy atom. The largest absolute Gasteiger partial charge is 1.00 e. The number of hydrogen-bond acceptors (Lipinski definition) is 2. The molecule has 0 saturated heterocycles. The van der Waals surface area contributed by atoms with Crippen molar-refractivity contribution in [3.05, 3.63) is 115 Å². The molecule has 2 aromatic carbocycles. The number of hydrogen-bond donors (Lipinski definition) is 0. The van der Waals surface area contributed by atoms with Gasteiger partial charge in [-0.3, -0.25) is 15.9 Å². The Morgan fingerprint density at radius 2 is 1.35 bits per heavy atom. The van der Waals surface area contributed by atoms with Crippen LogP contribution in [0.4, 0.5) is 0 Å². The van der Waals surface area contributed by atoms with Crippen LogP contribution in [0.15, 0.2) is 91.3 Å². The summed E-state index contributed by atoms with van der Waals surface area (Å²) in [6.45, 7) is 0. The van der Waals surface area contributed by atoms with Crippen LogP contribution in [0.25, 0.3) is 21.8 Å². The molecule has 5 heteroatoms. The van der Waals surface area contributed by atoms with Gasteiger partial charge in [0.15, 0.2) is 0 Å².